The molecule has 0 atom stereocenters. The molecule has 0 aromatic carbocycles. The number of nitrogens with two attached hydrogens (primary N) is 1. The van der Waals surface area contributed by atoms with Gasteiger partial charge in [-0.15, -0.1) is 0 Å². The van der Waals surface area contributed by atoms with Crippen LogP contribution in [0.4, 0.5) is 5.82 Å². The normalized spacial score (nSPS) is 15.9. The lowest BCUT2D eigenvalue weighted by Crippen LogP contribution is -2.08. The summed E-state index contributed by atoms with van der Waals surface area (Å²) in [5.74, 6) is 2.47. The molecule has 0 saturated heterocycles. The number of nitrogens with zero attached hydrogens (tertiary/aromatic N) is 3. The molecular weight excluding hydrogens is 316 g/mol. The van der Waals surface area contributed by atoms with Crippen LogP contribution in [0, 0.1) is 0 Å². The average molecular weight is 335 g/mol. The van der Waals surface area contributed by atoms with E-state index in [0.717, 1.165) is 33.9 Å². The Balaban J connectivity index is 2.08. The first-order valence-electron chi connectivity index (χ1n) is 7.17. The molecule has 1 saturated carbocycles. The van der Waals surface area contributed by atoms with Gasteiger partial charge in [-0.1, -0.05) is 12.8 Å². The Morgan fingerprint density at radius 3 is 2.75 bits per heavy atom. The molecule has 106 valence electrons. The number of nitrogen functional groups attached to an aromatic ring is 1. The molecular formula is C15H19BrN4. The maximum absolute atomic E-state index is 6.32. The molecule has 0 aliphatic heterocycles. The molecule has 2 aromatic rings. The van der Waals surface area contributed by atoms with E-state index in [1.54, 1.807) is 6.20 Å². The van der Waals surface area contributed by atoms with Gasteiger partial charge in [-0.3, -0.25) is 4.98 Å². The van der Waals surface area contributed by atoms with Crippen molar-refractivity contribution in [3.05, 3.63) is 28.8 Å². The summed E-state index contributed by atoms with van der Waals surface area (Å²) in [4.78, 5) is 9.06. The summed E-state index contributed by atoms with van der Waals surface area (Å²) < 4.78 is 3.11. The van der Waals surface area contributed by atoms with Gasteiger partial charge in [-0.2, -0.15) is 0 Å². The summed E-state index contributed by atoms with van der Waals surface area (Å²) in [5, 5.41) is 0. The number of aromatic nitrogens is 3. The van der Waals surface area contributed by atoms with E-state index in [1.165, 1.54) is 25.7 Å². The number of hydrogen-bond donors (Lipinski definition) is 1. The van der Waals surface area contributed by atoms with E-state index in [4.69, 9.17) is 10.7 Å². The second-order valence-electron chi connectivity index (χ2n) is 5.32. The van der Waals surface area contributed by atoms with E-state index in [2.05, 4.69) is 32.4 Å². The number of imidazole rings is 1. The van der Waals surface area contributed by atoms with Crippen molar-refractivity contribution in [3.8, 4) is 11.3 Å². The molecule has 4 nitrogen and oxygen atoms in total. The topological polar surface area (TPSA) is 56.7 Å². The lowest BCUT2D eigenvalue weighted by Gasteiger charge is -2.11. The van der Waals surface area contributed by atoms with Crippen molar-refractivity contribution < 1.29 is 0 Å². The van der Waals surface area contributed by atoms with E-state index in [0.29, 0.717) is 5.92 Å². The zero-order valence-electron chi connectivity index (χ0n) is 11.6. The predicted molar refractivity (Wildman–Crippen MR) is 84.5 cm³/mol. The Kier molecular flexibility index (Phi) is 3.78. The van der Waals surface area contributed by atoms with Crippen LogP contribution in [0.1, 0.15) is 44.3 Å². The van der Waals surface area contributed by atoms with Gasteiger partial charge in [-0.05, 0) is 41.8 Å². The van der Waals surface area contributed by atoms with E-state index in [9.17, 15) is 0 Å². The van der Waals surface area contributed by atoms with E-state index >= 15 is 0 Å². The number of rotatable bonds is 3. The molecule has 1 aliphatic carbocycles. The fourth-order valence-electron chi connectivity index (χ4n) is 3.07. The fraction of sp³-hybridized carbons (Fsp3) is 0.467. The van der Waals surface area contributed by atoms with Gasteiger partial charge in [-0.25, -0.2) is 4.98 Å². The Bertz CT molecular complexity index is 614. The van der Waals surface area contributed by atoms with Gasteiger partial charge < -0.3 is 10.3 Å². The van der Waals surface area contributed by atoms with E-state index in [-0.39, 0.29) is 0 Å². The number of hydrogen-bond acceptors (Lipinski definition) is 3. The van der Waals surface area contributed by atoms with Crippen molar-refractivity contribution in [1.82, 2.24) is 14.5 Å². The standard InChI is InChI=1S/C15H19BrN4/c1-2-20-14(17)13(11-7-12(16)9-18-8-11)19-15(20)10-5-3-4-6-10/h7-10H,2-6,17H2,1H3. The van der Waals surface area contributed by atoms with Gasteiger partial charge in [0.15, 0.2) is 0 Å². The van der Waals surface area contributed by atoms with Gasteiger partial charge in [0.1, 0.15) is 17.3 Å². The lowest BCUT2D eigenvalue weighted by molar-refractivity contribution is 0.604. The Hall–Kier alpha value is -1.36. The first-order valence-corrected chi connectivity index (χ1v) is 7.96. The Labute approximate surface area is 127 Å². The summed E-state index contributed by atoms with van der Waals surface area (Å²) in [5.41, 5.74) is 8.16. The first kappa shape index (κ1) is 13.6. The van der Waals surface area contributed by atoms with Crippen LogP contribution in [-0.4, -0.2) is 14.5 Å². The molecule has 20 heavy (non-hydrogen) atoms. The third-order valence-corrected chi connectivity index (χ3v) is 4.48. The van der Waals surface area contributed by atoms with Crippen molar-refractivity contribution in [1.29, 1.82) is 0 Å². The van der Waals surface area contributed by atoms with Crippen LogP contribution in [0.5, 0.6) is 0 Å². The Morgan fingerprint density at radius 2 is 2.10 bits per heavy atom. The first-order chi connectivity index (χ1) is 9.70. The molecule has 0 bridgehead atoms. The minimum Gasteiger partial charge on any atom is -0.383 e. The van der Waals surface area contributed by atoms with Gasteiger partial charge in [0.05, 0.1) is 0 Å². The largest absolute Gasteiger partial charge is 0.383 e. The van der Waals surface area contributed by atoms with Gasteiger partial charge in [0, 0.05) is 34.9 Å². The van der Waals surface area contributed by atoms with E-state index in [1.807, 2.05) is 12.3 Å². The Morgan fingerprint density at radius 1 is 1.35 bits per heavy atom. The molecule has 5 heteroatoms. The molecule has 0 spiro atoms. The second-order valence-corrected chi connectivity index (χ2v) is 6.24. The van der Waals surface area contributed by atoms with Crippen LogP contribution < -0.4 is 5.73 Å². The lowest BCUT2D eigenvalue weighted by atomic mass is 10.1. The third-order valence-electron chi connectivity index (χ3n) is 4.05. The minimum atomic E-state index is 0.561. The van der Waals surface area contributed by atoms with Crippen molar-refractivity contribution >= 4 is 21.7 Å². The van der Waals surface area contributed by atoms with Gasteiger partial charge in [0.25, 0.3) is 0 Å². The van der Waals surface area contributed by atoms with Crippen LogP contribution in [-0.2, 0) is 6.54 Å². The van der Waals surface area contributed by atoms with Crippen LogP contribution in [0.15, 0.2) is 22.9 Å². The molecule has 0 unspecified atom stereocenters. The van der Waals surface area contributed by atoms with Crippen molar-refractivity contribution in [2.24, 2.45) is 0 Å². The fourth-order valence-corrected chi connectivity index (χ4v) is 3.43. The molecule has 3 rings (SSSR count). The monoisotopic (exact) mass is 334 g/mol. The highest BCUT2D eigenvalue weighted by Gasteiger charge is 2.25. The maximum atomic E-state index is 6.32. The summed E-state index contributed by atoms with van der Waals surface area (Å²) in [6.07, 6.45) is 8.65. The highest BCUT2D eigenvalue weighted by atomic mass is 79.9. The number of anilines is 1. The number of halogens is 1. The third kappa shape index (κ3) is 2.35. The highest BCUT2D eigenvalue weighted by molar-refractivity contribution is 9.10. The smallest absolute Gasteiger partial charge is 0.131 e. The zero-order valence-corrected chi connectivity index (χ0v) is 13.2. The minimum absolute atomic E-state index is 0.561. The predicted octanol–water partition coefficient (Wildman–Crippen LogP) is 3.97. The van der Waals surface area contributed by atoms with Crippen LogP contribution in [0.2, 0.25) is 0 Å². The molecule has 1 aliphatic rings. The van der Waals surface area contributed by atoms with Crippen molar-refractivity contribution in [3.63, 3.8) is 0 Å². The SMILES string of the molecule is CCn1c(C2CCCC2)nc(-c2cncc(Br)c2)c1N. The van der Waals surface area contributed by atoms with E-state index < -0.39 is 0 Å². The molecule has 2 heterocycles. The molecule has 1 fully saturated rings. The second kappa shape index (κ2) is 5.56. The maximum Gasteiger partial charge on any atom is 0.131 e. The summed E-state index contributed by atoms with van der Waals surface area (Å²) in [6, 6.07) is 2.02. The summed E-state index contributed by atoms with van der Waals surface area (Å²) in [7, 11) is 0. The number of pyridine rings is 1. The average Bonchev–Trinajstić information content (AvgIpc) is 3.05. The highest BCUT2D eigenvalue weighted by Crippen LogP contribution is 2.37. The summed E-state index contributed by atoms with van der Waals surface area (Å²) in [6.45, 7) is 2.99. The quantitative estimate of drug-likeness (QED) is 0.923. The zero-order chi connectivity index (χ0) is 14.1. The van der Waals surface area contributed by atoms with Crippen molar-refractivity contribution in [2.75, 3.05) is 5.73 Å². The summed E-state index contributed by atoms with van der Waals surface area (Å²) >= 11 is 3.45. The molecule has 0 amide bonds. The van der Waals surface area contributed by atoms with Crippen molar-refractivity contribution in [2.45, 2.75) is 45.1 Å². The molecule has 2 aromatic heterocycles. The van der Waals surface area contributed by atoms with Crippen LogP contribution >= 0.6 is 15.9 Å². The van der Waals surface area contributed by atoms with Crippen LogP contribution in [0.25, 0.3) is 11.3 Å². The van der Waals surface area contributed by atoms with Gasteiger partial charge >= 0.3 is 0 Å². The molecule has 0 radical (unpaired) electrons. The molecule has 2 N–H and O–H groups in total. The van der Waals surface area contributed by atoms with Gasteiger partial charge in [0.2, 0.25) is 0 Å². The van der Waals surface area contributed by atoms with Crippen LogP contribution in [0.3, 0.4) is 0 Å².